The Hall–Kier alpha value is -3.22. The van der Waals surface area contributed by atoms with Crippen molar-refractivity contribution in [3.63, 3.8) is 0 Å². The molecule has 6 nitrogen and oxygen atoms in total. The minimum absolute atomic E-state index is 0.0772. The summed E-state index contributed by atoms with van der Waals surface area (Å²) in [5.74, 6) is -0.0850. The molecule has 33 heavy (non-hydrogen) atoms. The predicted octanol–water partition coefficient (Wildman–Crippen LogP) is 4.61. The third-order valence-corrected chi connectivity index (χ3v) is 5.22. The minimum atomic E-state index is -0.131. The number of hydrogen-bond acceptors (Lipinski definition) is 5. The van der Waals surface area contributed by atoms with E-state index in [-0.39, 0.29) is 18.6 Å². The summed E-state index contributed by atoms with van der Waals surface area (Å²) in [6, 6.07) is 18.9. The van der Waals surface area contributed by atoms with Gasteiger partial charge in [-0.05, 0) is 60.8 Å². The van der Waals surface area contributed by atoms with E-state index in [1.165, 1.54) is 24.8 Å². The molecule has 0 saturated carbocycles. The Balaban J connectivity index is 0.000000405. The van der Waals surface area contributed by atoms with Crippen molar-refractivity contribution in [2.45, 2.75) is 52.3 Å². The molecule has 0 aliphatic carbocycles. The minimum Gasteiger partial charge on any atom is -0.398 e. The lowest BCUT2D eigenvalue weighted by atomic mass is 10.1. The third kappa shape index (κ3) is 9.43. The van der Waals surface area contributed by atoms with Gasteiger partial charge >= 0.3 is 0 Å². The van der Waals surface area contributed by atoms with Crippen LogP contribution >= 0.6 is 0 Å². The maximum Gasteiger partial charge on any atom is 0.251 e. The number of carbonyl (C=O) groups is 1. The average molecular weight is 449 g/mol. The molecule has 176 valence electrons. The molecule has 0 radical (unpaired) electrons. The zero-order valence-electron chi connectivity index (χ0n) is 19.6. The molecule has 0 saturated heterocycles. The number of nitrogen functional groups attached to an aromatic ring is 1. The van der Waals surface area contributed by atoms with Crippen molar-refractivity contribution < 1.29 is 9.90 Å². The molecule has 0 aliphatic rings. The number of benzene rings is 2. The molecule has 1 aromatic heterocycles. The van der Waals surface area contributed by atoms with E-state index in [0.29, 0.717) is 11.3 Å². The lowest BCUT2D eigenvalue weighted by Gasteiger charge is -2.16. The number of nitrogens with two attached hydrogens (primary N) is 1. The van der Waals surface area contributed by atoms with Gasteiger partial charge < -0.3 is 21.5 Å². The smallest absolute Gasteiger partial charge is 0.251 e. The number of rotatable bonds is 10. The Morgan fingerprint density at radius 1 is 1.03 bits per heavy atom. The first-order valence-electron chi connectivity index (χ1n) is 11.5. The van der Waals surface area contributed by atoms with Crippen molar-refractivity contribution >= 4 is 11.6 Å². The van der Waals surface area contributed by atoms with Crippen LogP contribution in [0.5, 0.6) is 0 Å². The number of pyridine rings is 1. The fourth-order valence-electron chi connectivity index (χ4n) is 3.26. The van der Waals surface area contributed by atoms with Crippen molar-refractivity contribution in [2.75, 3.05) is 12.3 Å². The number of hydrogen-bond donors (Lipinski definition) is 4. The van der Waals surface area contributed by atoms with Crippen LogP contribution < -0.4 is 16.4 Å². The molecule has 1 unspecified atom stereocenters. The average Bonchev–Trinajstić information content (AvgIpc) is 2.85. The summed E-state index contributed by atoms with van der Waals surface area (Å²) in [7, 11) is 0. The molecule has 1 amide bonds. The van der Waals surface area contributed by atoms with Crippen LogP contribution in [0, 0.1) is 0 Å². The monoisotopic (exact) mass is 448 g/mol. The van der Waals surface area contributed by atoms with E-state index in [2.05, 4.69) is 22.5 Å². The Kier molecular flexibility index (Phi) is 11.7. The molecule has 1 atom stereocenters. The van der Waals surface area contributed by atoms with E-state index >= 15 is 0 Å². The Morgan fingerprint density at radius 2 is 1.79 bits per heavy atom. The first-order chi connectivity index (χ1) is 16.0. The Labute approximate surface area is 197 Å². The number of nitrogens with one attached hydrogen (secondary N) is 2. The number of unbranched alkanes of at least 4 members (excludes halogenated alkanes) is 2. The van der Waals surface area contributed by atoms with Crippen molar-refractivity contribution in [1.29, 1.82) is 0 Å². The standard InChI is InChI=1S/C21H29N3O.C6H7NO/c1-3-4-7-14-23-15-17-10-12-18(13-11-17)21(25)24-16(2)19-8-5-6-9-20(19)22;8-5-6-2-1-3-7-4-6/h5-6,8-13,16,23H,3-4,7,14-15,22H2,1-2H3,(H,24,25);1-4,8H,5H2. The summed E-state index contributed by atoms with van der Waals surface area (Å²) in [5, 5.41) is 14.9. The number of aliphatic hydroxyl groups excluding tert-OH is 1. The molecular weight excluding hydrogens is 412 g/mol. The largest absolute Gasteiger partial charge is 0.398 e. The van der Waals surface area contributed by atoms with Gasteiger partial charge in [-0.3, -0.25) is 9.78 Å². The number of anilines is 1. The van der Waals surface area contributed by atoms with Crippen LogP contribution in [0.25, 0.3) is 0 Å². The van der Waals surface area contributed by atoms with Gasteiger partial charge in [0.25, 0.3) is 5.91 Å². The summed E-state index contributed by atoms with van der Waals surface area (Å²) >= 11 is 0. The molecule has 3 rings (SSSR count). The van der Waals surface area contributed by atoms with Crippen LogP contribution in [-0.4, -0.2) is 22.5 Å². The second-order valence-corrected chi connectivity index (χ2v) is 7.92. The second-order valence-electron chi connectivity index (χ2n) is 7.92. The molecule has 0 spiro atoms. The van der Waals surface area contributed by atoms with Gasteiger partial charge in [0.15, 0.2) is 0 Å². The van der Waals surface area contributed by atoms with E-state index in [4.69, 9.17) is 10.8 Å². The van der Waals surface area contributed by atoms with Crippen molar-refractivity contribution in [3.05, 3.63) is 95.3 Å². The van der Waals surface area contributed by atoms with E-state index < -0.39 is 0 Å². The molecule has 3 aromatic rings. The number of amides is 1. The second kappa shape index (κ2) is 14.8. The van der Waals surface area contributed by atoms with Gasteiger partial charge in [0, 0.05) is 30.2 Å². The van der Waals surface area contributed by atoms with Gasteiger partial charge in [-0.15, -0.1) is 0 Å². The number of carbonyl (C=O) groups excluding carboxylic acids is 1. The summed E-state index contributed by atoms with van der Waals surface area (Å²) in [4.78, 5) is 16.2. The van der Waals surface area contributed by atoms with Gasteiger partial charge in [0.05, 0.1) is 12.6 Å². The van der Waals surface area contributed by atoms with Gasteiger partial charge in [-0.1, -0.05) is 56.2 Å². The van der Waals surface area contributed by atoms with Crippen LogP contribution in [0.1, 0.15) is 66.2 Å². The van der Waals surface area contributed by atoms with Crippen LogP contribution in [0.15, 0.2) is 73.1 Å². The van der Waals surface area contributed by atoms with Crippen LogP contribution in [0.3, 0.4) is 0 Å². The Bertz CT molecular complexity index is 946. The van der Waals surface area contributed by atoms with E-state index in [9.17, 15) is 4.79 Å². The molecule has 0 bridgehead atoms. The zero-order chi connectivity index (χ0) is 23.9. The number of aromatic nitrogens is 1. The van der Waals surface area contributed by atoms with Crippen LogP contribution in [0.2, 0.25) is 0 Å². The molecule has 0 aliphatic heterocycles. The molecule has 1 heterocycles. The summed E-state index contributed by atoms with van der Waals surface area (Å²) in [6.07, 6.45) is 7.02. The topological polar surface area (TPSA) is 100 Å². The summed E-state index contributed by atoms with van der Waals surface area (Å²) < 4.78 is 0. The first-order valence-corrected chi connectivity index (χ1v) is 11.5. The van der Waals surface area contributed by atoms with Gasteiger partial charge in [-0.25, -0.2) is 0 Å². The highest BCUT2D eigenvalue weighted by Gasteiger charge is 2.13. The highest BCUT2D eigenvalue weighted by molar-refractivity contribution is 5.94. The molecule has 6 heteroatoms. The SMILES string of the molecule is CCCCCNCc1ccc(C(=O)NC(C)c2ccccc2N)cc1.OCc1cccnc1. The lowest BCUT2D eigenvalue weighted by Crippen LogP contribution is -2.27. The fourth-order valence-corrected chi connectivity index (χ4v) is 3.26. The van der Waals surface area contributed by atoms with E-state index in [1.807, 2.05) is 61.5 Å². The van der Waals surface area contributed by atoms with Crippen molar-refractivity contribution in [2.24, 2.45) is 0 Å². The third-order valence-electron chi connectivity index (χ3n) is 5.22. The highest BCUT2D eigenvalue weighted by Crippen LogP contribution is 2.19. The number of para-hydroxylation sites is 1. The summed E-state index contributed by atoms with van der Waals surface area (Å²) in [5.41, 5.74) is 10.3. The number of nitrogens with zero attached hydrogens (tertiary/aromatic N) is 1. The van der Waals surface area contributed by atoms with E-state index in [1.54, 1.807) is 18.5 Å². The van der Waals surface area contributed by atoms with Crippen LogP contribution in [-0.2, 0) is 13.2 Å². The van der Waals surface area contributed by atoms with Gasteiger partial charge in [0.1, 0.15) is 0 Å². The highest BCUT2D eigenvalue weighted by atomic mass is 16.3. The quantitative estimate of drug-likeness (QED) is 0.268. The summed E-state index contributed by atoms with van der Waals surface area (Å²) in [6.45, 7) is 6.09. The molecular formula is C27H36N4O2. The maximum atomic E-state index is 12.4. The van der Waals surface area contributed by atoms with Crippen molar-refractivity contribution in [1.82, 2.24) is 15.6 Å². The Morgan fingerprint density at radius 3 is 2.39 bits per heavy atom. The van der Waals surface area contributed by atoms with Crippen molar-refractivity contribution in [3.8, 4) is 0 Å². The fraction of sp³-hybridized carbons (Fsp3) is 0.333. The van der Waals surface area contributed by atoms with Crippen LogP contribution in [0.4, 0.5) is 5.69 Å². The maximum absolute atomic E-state index is 12.4. The number of aliphatic hydroxyl groups is 1. The molecule has 5 N–H and O–H groups in total. The van der Waals surface area contributed by atoms with Gasteiger partial charge in [0.2, 0.25) is 0 Å². The lowest BCUT2D eigenvalue weighted by molar-refractivity contribution is 0.0940. The first kappa shape index (κ1) is 26.0. The molecule has 2 aromatic carbocycles. The predicted molar refractivity (Wildman–Crippen MR) is 135 cm³/mol. The zero-order valence-corrected chi connectivity index (χ0v) is 19.6. The van der Waals surface area contributed by atoms with Gasteiger partial charge in [-0.2, -0.15) is 0 Å². The normalized spacial score (nSPS) is 11.2. The van der Waals surface area contributed by atoms with E-state index in [0.717, 1.165) is 24.2 Å². The molecule has 0 fully saturated rings.